The number of amides is 2. The van der Waals surface area contributed by atoms with Crippen molar-refractivity contribution in [2.45, 2.75) is 58.5 Å². The fourth-order valence-corrected chi connectivity index (χ4v) is 4.12. The third-order valence-corrected chi connectivity index (χ3v) is 6.10. The van der Waals surface area contributed by atoms with E-state index in [1.807, 2.05) is 6.07 Å². The smallest absolute Gasteiger partial charge is 0.348 e. The molecule has 0 spiro atoms. The van der Waals surface area contributed by atoms with Crippen molar-refractivity contribution in [3.8, 4) is 11.5 Å². The van der Waals surface area contributed by atoms with Crippen LogP contribution in [0.3, 0.4) is 0 Å². The molecule has 1 aliphatic heterocycles. The van der Waals surface area contributed by atoms with E-state index in [4.69, 9.17) is 18.7 Å². The second-order valence-electron chi connectivity index (χ2n) is 8.70. The maximum atomic E-state index is 13.4. The molecular weight excluding hydrogens is 478 g/mol. The molecule has 2 amide bonds. The Balaban J connectivity index is 1.76. The number of carbonyl (C=O) groups is 2. The summed E-state index contributed by atoms with van der Waals surface area (Å²) >= 11 is 0. The standard InChI is InChI=1S/C27H35N3O7/c1-5-7-8-9-20-11-12-21(27(33)37-20)26(32)30-17-19(29-36-6-2)15-22(30)25(31)28-16-18-10-13-23(34-3)24(14-18)35-4/h10-14,22H,5-9,15-17H2,1-4H3,(H,28,31)/b29-19-/t22-/m0/s1. The summed E-state index contributed by atoms with van der Waals surface area (Å²) in [4.78, 5) is 45.7. The Bertz CT molecular complexity index is 1170. The van der Waals surface area contributed by atoms with E-state index in [2.05, 4.69) is 17.4 Å². The van der Waals surface area contributed by atoms with Gasteiger partial charge in [0.15, 0.2) is 11.5 Å². The lowest BCUT2D eigenvalue weighted by Gasteiger charge is -2.23. The molecule has 1 fully saturated rings. The van der Waals surface area contributed by atoms with Crippen molar-refractivity contribution in [1.29, 1.82) is 0 Å². The first-order chi connectivity index (χ1) is 17.9. The molecule has 1 aromatic carbocycles. The number of unbranched alkanes of at least 4 members (excludes halogenated alkanes) is 2. The maximum Gasteiger partial charge on any atom is 0.348 e. The van der Waals surface area contributed by atoms with E-state index < -0.39 is 17.6 Å². The van der Waals surface area contributed by atoms with E-state index >= 15 is 0 Å². The zero-order valence-corrected chi connectivity index (χ0v) is 21.9. The van der Waals surface area contributed by atoms with Crippen LogP contribution in [0.4, 0.5) is 0 Å². The second-order valence-corrected chi connectivity index (χ2v) is 8.70. The van der Waals surface area contributed by atoms with Crippen molar-refractivity contribution in [3.63, 3.8) is 0 Å². The summed E-state index contributed by atoms with van der Waals surface area (Å²) in [5.74, 6) is 0.714. The van der Waals surface area contributed by atoms with Crippen molar-refractivity contribution in [2.24, 2.45) is 5.16 Å². The molecule has 1 aromatic heterocycles. The van der Waals surface area contributed by atoms with Crippen LogP contribution in [0.1, 0.15) is 61.2 Å². The molecule has 0 bridgehead atoms. The third kappa shape index (κ3) is 7.12. The molecule has 1 atom stereocenters. The molecule has 2 aromatic rings. The highest BCUT2D eigenvalue weighted by Gasteiger charge is 2.39. The summed E-state index contributed by atoms with van der Waals surface area (Å²) in [7, 11) is 3.09. The number of methoxy groups -OCH3 is 2. The Morgan fingerprint density at radius 3 is 2.57 bits per heavy atom. The summed E-state index contributed by atoms with van der Waals surface area (Å²) in [6, 6.07) is 7.62. The van der Waals surface area contributed by atoms with Crippen LogP contribution in [0, 0.1) is 0 Å². The molecule has 1 N–H and O–H groups in total. The molecule has 2 heterocycles. The van der Waals surface area contributed by atoms with Crippen LogP contribution in [0.15, 0.2) is 44.7 Å². The highest BCUT2D eigenvalue weighted by molar-refractivity contribution is 6.05. The van der Waals surface area contributed by atoms with Crippen molar-refractivity contribution >= 4 is 17.5 Å². The zero-order chi connectivity index (χ0) is 26.8. The van der Waals surface area contributed by atoms with Gasteiger partial charge in [0.05, 0.1) is 26.5 Å². The first-order valence-electron chi connectivity index (χ1n) is 12.5. The molecule has 3 rings (SSSR count). The van der Waals surface area contributed by atoms with Gasteiger partial charge in [-0.15, -0.1) is 0 Å². The Morgan fingerprint density at radius 2 is 1.89 bits per heavy atom. The number of carbonyl (C=O) groups excluding carboxylic acids is 2. The van der Waals surface area contributed by atoms with Crippen LogP contribution in [0.25, 0.3) is 0 Å². The Kier molecular flexibility index (Phi) is 10.1. The van der Waals surface area contributed by atoms with Gasteiger partial charge in [0.1, 0.15) is 24.0 Å². The molecule has 200 valence electrons. The summed E-state index contributed by atoms with van der Waals surface area (Å²) in [6.45, 7) is 4.53. The quantitative estimate of drug-likeness (QED) is 0.342. The van der Waals surface area contributed by atoms with Gasteiger partial charge in [-0.2, -0.15) is 0 Å². The van der Waals surface area contributed by atoms with Crippen LogP contribution >= 0.6 is 0 Å². The maximum absolute atomic E-state index is 13.4. The van der Waals surface area contributed by atoms with E-state index in [9.17, 15) is 14.4 Å². The molecule has 0 radical (unpaired) electrons. The van der Waals surface area contributed by atoms with E-state index in [-0.39, 0.29) is 31.0 Å². The lowest BCUT2D eigenvalue weighted by Crippen LogP contribution is -2.46. The molecule has 1 saturated heterocycles. The van der Waals surface area contributed by atoms with Gasteiger partial charge in [0, 0.05) is 19.4 Å². The summed E-state index contributed by atoms with van der Waals surface area (Å²) < 4.78 is 16.0. The number of benzene rings is 1. The van der Waals surface area contributed by atoms with Crippen LogP contribution in [-0.4, -0.2) is 55.8 Å². The average molecular weight is 514 g/mol. The minimum absolute atomic E-state index is 0.0744. The molecule has 10 heteroatoms. The minimum atomic E-state index is -0.851. The number of hydrogen-bond donors (Lipinski definition) is 1. The second kappa shape index (κ2) is 13.5. The number of oxime groups is 1. The number of ether oxygens (including phenoxy) is 2. The van der Waals surface area contributed by atoms with Crippen LogP contribution in [0.2, 0.25) is 0 Å². The fourth-order valence-electron chi connectivity index (χ4n) is 4.12. The first-order valence-corrected chi connectivity index (χ1v) is 12.5. The number of aryl methyl sites for hydroxylation is 1. The first kappa shape index (κ1) is 27.8. The number of nitrogens with one attached hydrogen (secondary N) is 1. The predicted molar refractivity (Wildman–Crippen MR) is 138 cm³/mol. The van der Waals surface area contributed by atoms with Crippen LogP contribution < -0.4 is 20.4 Å². The van der Waals surface area contributed by atoms with Gasteiger partial charge in [-0.05, 0) is 43.2 Å². The Labute approximate surface area is 216 Å². The number of hydrogen-bond acceptors (Lipinski definition) is 8. The molecule has 0 unspecified atom stereocenters. The number of nitrogens with zero attached hydrogens (tertiary/aromatic N) is 2. The third-order valence-electron chi connectivity index (χ3n) is 6.10. The van der Waals surface area contributed by atoms with Gasteiger partial charge in [-0.1, -0.05) is 31.0 Å². The molecule has 0 aliphatic carbocycles. The van der Waals surface area contributed by atoms with E-state index in [0.717, 1.165) is 24.8 Å². The minimum Gasteiger partial charge on any atom is -0.493 e. The van der Waals surface area contributed by atoms with E-state index in [1.54, 1.807) is 32.2 Å². The normalized spacial score (nSPS) is 16.1. The van der Waals surface area contributed by atoms with Gasteiger partial charge in [0.25, 0.3) is 5.91 Å². The molecular formula is C27H35N3O7. The van der Waals surface area contributed by atoms with Crippen LogP contribution in [0.5, 0.6) is 11.5 Å². The molecule has 37 heavy (non-hydrogen) atoms. The van der Waals surface area contributed by atoms with Gasteiger partial charge >= 0.3 is 5.63 Å². The van der Waals surface area contributed by atoms with Gasteiger partial charge in [0.2, 0.25) is 5.91 Å². The molecule has 0 saturated carbocycles. The SMILES string of the molecule is CCCCCc1ccc(C(=O)N2C/C(=N\OCC)C[C@H]2C(=O)NCc2ccc(OC)c(OC)c2)c(=O)o1. The zero-order valence-electron chi connectivity index (χ0n) is 21.9. The fraction of sp³-hybridized carbons (Fsp3) is 0.481. The van der Waals surface area contributed by atoms with E-state index in [1.165, 1.54) is 18.1 Å². The predicted octanol–water partition coefficient (Wildman–Crippen LogP) is 3.31. The van der Waals surface area contributed by atoms with Gasteiger partial charge in [-0.3, -0.25) is 9.59 Å². The van der Waals surface area contributed by atoms with E-state index in [0.29, 0.717) is 36.0 Å². The van der Waals surface area contributed by atoms with Crippen molar-refractivity contribution in [2.75, 3.05) is 27.4 Å². The lowest BCUT2D eigenvalue weighted by atomic mass is 10.1. The van der Waals surface area contributed by atoms with Crippen molar-refractivity contribution < 1.29 is 28.3 Å². The monoisotopic (exact) mass is 513 g/mol. The highest BCUT2D eigenvalue weighted by atomic mass is 16.6. The van der Waals surface area contributed by atoms with Gasteiger partial charge < -0.3 is 28.9 Å². The van der Waals surface area contributed by atoms with Gasteiger partial charge in [-0.25, -0.2) is 4.79 Å². The summed E-state index contributed by atoms with van der Waals surface area (Å²) in [5.41, 5.74) is 0.514. The Morgan fingerprint density at radius 1 is 1.11 bits per heavy atom. The lowest BCUT2D eigenvalue weighted by molar-refractivity contribution is -0.125. The summed E-state index contributed by atoms with van der Waals surface area (Å²) in [6.07, 6.45) is 3.81. The van der Waals surface area contributed by atoms with Crippen molar-refractivity contribution in [1.82, 2.24) is 10.2 Å². The average Bonchev–Trinajstić information content (AvgIpc) is 3.34. The molecule has 1 aliphatic rings. The number of likely N-dealkylation sites (tertiary alicyclic amines) is 1. The topological polar surface area (TPSA) is 120 Å². The highest BCUT2D eigenvalue weighted by Crippen LogP contribution is 2.27. The largest absolute Gasteiger partial charge is 0.493 e. The number of rotatable bonds is 12. The van der Waals surface area contributed by atoms with Crippen molar-refractivity contribution in [3.05, 3.63) is 57.6 Å². The Hall–Kier alpha value is -3.82. The van der Waals surface area contributed by atoms with Crippen LogP contribution in [-0.2, 0) is 22.6 Å². The summed E-state index contributed by atoms with van der Waals surface area (Å²) in [5, 5.41) is 6.92. The molecule has 10 nitrogen and oxygen atoms in total.